The normalized spacial score (nSPS) is 19.0. The van der Waals surface area contributed by atoms with Gasteiger partial charge in [-0.25, -0.2) is 9.78 Å². The molecule has 14 heteroatoms. The lowest BCUT2D eigenvalue weighted by molar-refractivity contribution is -0.145. The molecule has 1 aliphatic heterocycles. The van der Waals surface area contributed by atoms with Gasteiger partial charge in [0.1, 0.15) is 24.2 Å². The van der Waals surface area contributed by atoms with Crippen LogP contribution >= 0.6 is 0 Å². The van der Waals surface area contributed by atoms with Crippen LogP contribution in [0.4, 0.5) is 0 Å². The second kappa shape index (κ2) is 12.1. The van der Waals surface area contributed by atoms with Crippen molar-refractivity contribution in [2.75, 3.05) is 6.54 Å². The number of nitrogens with one attached hydrogen (secondary N) is 3. The van der Waals surface area contributed by atoms with Gasteiger partial charge in [0.05, 0.1) is 12.4 Å². The monoisotopic (exact) mass is 482 g/mol. The molecular formula is C20H30N6O8. The van der Waals surface area contributed by atoms with Crippen molar-refractivity contribution in [3.8, 4) is 0 Å². The number of aliphatic hydroxyl groups is 1. The van der Waals surface area contributed by atoms with E-state index < -0.39 is 66.4 Å². The van der Waals surface area contributed by atoms with Crippen LogP contribution in [0, 0.1) is 0 Å². The van der Waals surface area contributed by atoms with Crippen LogP contribution in [-0.4, -0.2) is 96.7 Å². The molecule has 0 radical (unpaired) electrons. The summed E-state index contributed by atoms with van der Waals surface area (Å²) in [7, 11) is 0. The van der Waals surface area contributed by atoms with Crippen molar-refractivity contribution >= 4 is 29.7 Å². The van der Waals surface area contributed by atoms with Gasteiger partial charge in [-0.05, 0) is 26.2 Å². The van der Waals surface area contributed by atoms with Crippen LogP contribution < -0.4 is 16.4 Å². The quantitative estimate of drug-likeness (QED) is 0.166. The van der Waals surface area contributed by atoms with Gasteiger partial charge in [-0.2, -0.15) is 0 Å². The standard InChI is InChI=1S/C20H30N6O8/c1-10(27)16(21)18(31)24-12(4-5-15(28)29)19(32)26-6-2-3-14(26)17(30)25-13(20(33)34)7-11-8-22-9-23-11/h8-10,12-14,16,27H,2-7,21H2,1H3,(H,22,23)(H,24,31)(H,25,30)(H,28,29)(H,33,34). The fourth-order valence-corrected chi connectivity index (χ4v) is 3.60. The Bertz CT molecular complexity index is 890. The molecular weight excluding hydrogens is 452 g/mol. The Hall–Kier alpha value is -3.52. The third-order valence-electron chi connectivity index (χ3n) is 5.52. The Morgan fingerprint density at radius 1 is 1.24 bits per heavy atom. The lowest BCUT2D eigenvalue weighted by atomic mass is 10.1. The highest BCUT2D eigenvalue weighted by Gasteiger charge is 2.39. The van der Waals surface area contributed by atoms with Crippen molar-refractivity contribution in [1.29, 1.82) is 0 Å². The highest BCUT2D eigenvalue weighted by molar-refractivity contribution is 5.94. The van der Waals surface area contributed by atoms with E-state index in [1.165, 1.54) is 24.3 Å². The Morgan fingerprint density at radius 3 is 2.50 bits per heavy atom. The summed E-state index contributed by atoms with van der Waals surface area (Å²) in [4.78, 5) is 68.8. The van der Waals surface area contributed by atoms with E-state index >= 15 is 0 Å². The second-order valence-corrected chi connectivity index (χ2v) is 8.13. The highest BCUT2D eigenvalue weighted by atomic mass is 16.4. The SMILES string of the molecule is CC(O)C(N)C(=O)NC(CCC(=O)O)C(=O)N1CCCC1C(=O)NC(Cc1cnc[nH]1)C(=O)O. The third kappa shape index (κ3) is 7.25. The fraction of sp³-hybridized carbons (Fsp3) is 0.600. The summed E-state index contributed by atoms with van der Waals surface area (Å²) >= 11 is 0. The molecule has 0 bridgehead atoms. The predicted octanol–water partition coefficient (Wildman–Crippen LogP) is -2.43. The van der Waals surface area contributed by atoms with Crippen LogP contribution in [0.5, 0.6) is 0 Å². The molecule has 2 heterocycles. The molecule has 2 rings (SSSR count). The summed E-state index contributed by atoms with van der Waals surface area (Å²) in [6, 6.07) is -4.89. The van der Waals surface area contributed by atoms with Gasteiger partial charge >= 0.3 is 11.9 Å². The molecule has 14 nitrogen and oxygen atoms in total. The van der Waals surface area contributed by atoms with E-state index in [0.29, 0.717) is 12.1 Å². The molecule has 188 valence electrons. The van der Waals surface area contributed by atoms with Gasteiger partial charge < -0.3 is 41.6 Å². The number of hydrogen-bond donors (Lipinski definition) is 7. The minimum Gasteiger partial charge on any atom is -0.481 e. The fourth-order valence-electron chi connectivity index (χ4n) is 3.60. The Kier molecular flexibility index (Phi) is 9.50. The van der Waals surface area contributed by atoms with Crippen molar-refractivity contribution in [1.82, 2.24) is 25.5 Å². The molecule has 34 heavy (non-hydrogen) atoms. The van der Waals surface area contributed by atoms with Crippen molar-refractivity contribution in [3.05, 3.63) is 18.2 Å². The van der Waals surface area contributed by atoms with Crippen molar-refractivity contribution in [2.24, 2.45) is 5.73 Å². The molecule has 0 aromatic carbocycles. The first-order valence-corrected chi connectivity index (χ1v) is 10.8. The van der Waals surface area contributed by atoms with Gasteiger partial charge in [0.25, 0.3) is 0 Å². The number of aliphatic carboxylic acids is 2. The first-order valence-electron chi connectivity index (χ1n) is 10.8. The molecule has 5 unspecified atom stereocenters. The molecule has 3 amide bonds. The number of nitrogens with two attached hydrogens (primary N) is 1. The van der Waals surface area contributed by atoms with E-state index in [-0.39, 0.29) is 25.8 Å². The number of aromatic amines is 1. The van der Waals surface area contributed by atoms with Gasteiger partial charge in [0.2, 0.25) is 17.7 Å². The maximum absolute atomic E-state index is 13.2. The molecule has 0 saturated carbocycles. The van der Waals surface area contributed by atoms with Gasteiger partial charge in [-0.15, -0.1) is 0 Å². The Balaban J connectivity index is 2.13. The first kappa shape index (κ1) is 26.7. The van der Waals surface area contributed by atoms with Crippen molar-refractivity contribution in [2.45, 2.75) is 69.3 Å². The number of carboxylic acid groups (broad SMARTS) is 2. The van der Waals surface area contributed by atoms with Crippen LogP contribution in [0.25, 0.3) is 0 Å². The molecule has 1 saturated heterocycles. The number of likely N-dealkylation sites (tertiary alicyclic amines) is 1. The van der Waals surface area contributed by atoms with Crippen LogP contribution in [0.15, 0.2) is 12.5 Å². The van der Waals surface area contributed by atoms with Gasteiger partial charge in [0.15, 0.2) is 0 Å². The van der Waals surface area contributed by atoms with E-state index in [2.05, 4.69) is 20.6 Å². The Labute approximate surface area is 194 Å². The van der Waals surface area contributed by atoms with Crippen molar-refractivity contribution in [3.63, 3.8) is 0 Å². The van der Waals surface area contributed by atoms with Crippen LogP contribution in [0.1, 0.15) is 38.3 Å². The van der Waals surface area contributed by atoms with Crippen LogP contribution in [0.3, 0.4) is 0 Å². The number of carbonyl (C=O) groups excluding carboxylic acids is 3. The summed E-state index contributed by atoms with van der Waals surface area (Å²) in [6.07, 6.45) is 1.59. The zero-order valence-electron chi connectivity index (χ0n) is 18.6. The average molecular weight is 482 g/mol. The Morgan fingerprint density at radius 2 is 1.94 bits per heavy atom. The molecule has 0 spiro atoms. The molecule has 8 N–H and O–H groups in total. The molecule has 1 aliphatic rings. The minimum absolute atomic E-state index is 0.0454. The number of imidazole rings is 1. The number of aliphatic hydroxyl groups excluding tert-OH is 1. The number of carboxylic acids is 2. The third-order valence-corrected chi connectivity index (χ3v) is 5.52. The number of carbonyl (C=O) groups is 5. The molecule has 0 aliphatic carbocycles. The number of amides is 3. The summed E-state index contributed by atoms with van der Waals surface area (Å²) < 4.78 is 0. The molecule has 5 atom stereocenters. The van der Waals surface area contributed by atoms with Gasteiger partial charge in [0, 0.05) is 31.3 Å². The predicted molar refractivity (Wildman–Crippen MR) is 115 cm³/mol. The lowest BCUT2D eigenvalue weighted by Crippen LogP contribution is -2.58. The van der Waals surface area contributed by atoms with Gasteiger partial charge in [-0.1, -0.05) is 0 Å². The number of hydrogen-bond acceptors (Lipinski definition) is 8. The summed E-state index contributed by atoms with van der Waals surface area (Å²) in [6.45, 7) is 1.46. The van der Waals surface area contributed by atoms with Crippen molar-refractivity contribution < 1.29 is 39.3 Å². The van der Waals surface area contributed by atoms with E-state index in [1.54, 1.807) is 0 Å². The largest absolute Gasteiger partial charge is 0.481 e. The van der Waals surface area contributed by atoms with E-state index in [0.717, 1.165) is 0 Å². The maximum Gasteiger partial charge on any atom is 0.326 e. The summed E-state index contributed by atoms with van der Waals surface area (Å²) in [5.41, 5.74) is 6.10. The highest BCUT2D eigenvalue weighted by Crippen LogP contribution is 2.20. The lowest BCUT2D eigenvalue weighted by Gasteiger charge is -2.30. The molecule has 1 aromatic heterocycles. The molecule has 1 fully saturated rings. The number of aromatic nitrogens is 2. The van der Waals surface area contributed by atoms with Crippen LogP contribution in [0.2, 0.25) is 0 Å². The number of rotatable bonds is 12. The topological polar surface area (TPSA) is 228 Å². The smallest absolute Gasteiger partial charge is 0.326 e. The number of H-pyrrole nitrogens is 1. The van der Waals surface area contributed by atoms with Gasteiger partial charge in [-0.3, -0.25) is 19.2 Å². The summed E-state index contributed by atoms with van der Waals surface area (Å²) in [5.74, 6) is -4.67. The molecule has 1 aromatic rings. The summed E-state index contributed by atoms with van der Waals surface area (Å²) in [5, 5.41) is 32.8. The zero-order chi connectivity index (χ0) is 25.4. The average Bonchev–Trinajstić information content (AvgIpc) is 3.46. The first-order chi connectivity index (χ1) is 16.0. The van der Waals surface area contributed by atoms with E-state index in [4.69, 9.17) is 10.8 Å². The zero-order valence-corrected chi connectivity index (χ0v) is 18.6. The second-order valence-electron chi connectivity index (χ2n) is 8.13. The number of nitrogens with zero attached hydrogens (tertiary/aromatic N) is 2. The van der Waals surface area contributed by atoms with E-state index in [1.807, 2.05) is 0 Å². The van der Waals surface area contributed by atoms with E-state index in [9.17, 15) is 34.2 Å². The maximum atomic E-state index is 13.2. The minimum atomic E-state index is -1.34. The van der Waals surface area contributed by atoms with Crippen LogP contribution in [-0.2, 0) is 30.4 Å².